The highest BCUT2D eigenvalue weighted by atomic mass is 32.1. The lowest BCUT2D eigenvalue weighted by Crippen LogP contribution is -2.42. The van der Waals surface area contributed by atoms with Crippen LogP contribution in [0.2, 0.25) is 0 Å². The fourth-order valence-electron chi connectivity index (χ4n) is 3.24. The van der Waals surface area contributed by atoms with Crippen LogP contribution >= 0.6 is 11.3 Å². The highest BCUT2D eigenvalue weighted by molar-refractivity contribution is 7.12. The Bertz CT molecular complexity index is 968. The van der Waals surface area contributed by atoms with E-state index in [4.69, 9.17) is 0 Å². The smallest absolute Gasteiger partial charge is 0.264 e. The van der Waals surface area contributed by atoms with Crippen molar-refractivity contribution in [3.8, 4) is 5.69 Å². The molecule has 1 aromatic carbocycles. The lowest BCUT2D eigenvalue weighted by atomic mass is 10.2. The summed E-state index contributed by atoms with van der Waals surface area (Å²) < 4.78 is 1.60. The minimum Gasteiger partial charge on any atom is -0.326 e. The molecule has 0 unspecified atom stereocenters. The van der Waals surface area contributed by atoms with Crippen LogP contribution in [0.1, 0.15) is 28.3 Å². The fourth-order valence-corrected chi connectivity index (χ4v) is 3.91. The minimum absolute atomic E-state index is 0.0827. The van der Waals surface area contributed by atoms with Crippen molar-refractivity contribution in [2.45, 2.75) is 25.8 Å². The Kier molecular flexibility index (Phi) is 4.68. The third kappa shape index (κ3) is 3.45. The van der Waals surface area contributed by atoms with E-state index in [0.717, 1.165) is 12.1 Å². The summed E-state index contributed by atoms with van der Waals surface area (Å²) in [5.74, 6) is 0.394. The molecule has 8 nitrogen and oxygen atoms in total. The molecule has 0 saturated carbocycles. The van der Waals surface area contributed by atoms with E-state index in [1.807, 2.05) is 35.7 Å². The number of hydrogen-bond donors (Lipinski definition) is 1. The average molecular weight is 382 g/mol. The van der Waals surface area contributed by atoms with Crippen molar-refractivity contribution in [3.63, 3.8) is 0 Å². The second-order valence-electron chi connectivity index (χ2n) is 6.31. The van der Waals surface area contributed by atoms with E-state index in [2.05, 4.69) is 20.8 Å². The molecule has 4 rings (SSSR count). The van der Waals surface area contributed by atoms with Crippen molar-refractivity contribution in [2.75, 3.05) is 11.9 Å². The number of hydrogen-bond acceptors (Lipinski definition) is 6. The van der Waals surface area contributed by atoms with Crippen LogP contribution in [0.5, 0.6) is 0 Å². The fraction of sp³-hybridized carbons (Fsp3) is 0.278. The minimum atomic E-state index is -0.460. The summed E-state index contributed by atoms with van der Waals surface area (Å²) in [6.45, 7) is 2.40. The van der Waals surface area contributed by atoms with Crippen molar-refractivity contribution < 1.29 is 9.59 Å². The Morgan fingerprint density at radius 2 is 2.15 bits per heavy atom. The largest absolute Gasteiger partial charge is 0.326 e. The van der Waals surface area contributed by atoms with E-state index in [-0.39, 0.29) is 11.8 Å². The normalized spacial score (nSPS) is 16.5. The summed E-state index contributed by atoms with van der Waals surface area (Å²) in [5, 5.41) is 16.2. The van der Waals surface area contributed by atoms with Crippen LogP contribution in [0.3, 0.4) is 0 Å². The first kappa shape index (κ1) is 17.3. The number of carbonyl (C=O) groups excluding carboxylic acids is 2. The number of anilines is 1. The second kappa shape index (κ2) is 7.28. The molecule has 1 aliphatic rings. The van der Waals surface area contributed by atoms with Gasteiger partial charge in [-0.05, 0) is 59.8 Å². The first-order chi connectivity index (χ1) is 13.1. The first-order valence-corrected chi connectivity index (χ1v) is 9.52. The molecule has 0 aliphatic carbocycles. The van der Waals surface area contributed by atoms with Gasteiger partial charge in [0.15, 0.2) is 5.82 Å². The van der Waals surface area contributed by atoms with Gasteiger partial charge in [0.25, 0.3) is 5.91 Å². The van der Waals surface area contributed by atoms with Crippen molar-refractivity contribution in [2.24, 2.45) is 0 Å². The van der Waals surface area contributed by atoms with E-state index in [0.29, 0.717) is 29.4 Å². The Balaban J connectivity index is 1.50. The molecule has 138 valence electrons. The van der Waals surface area contributed by atoms with Crippen molar-refractivity contribution >= 4 is 28.8 Å². The van der Waals surface area contributed by atoms with E-state index in [1.54, 1.807) is 22.6 Å². The van der Waals surface area contributed by atoms with Crippen LogP contribution in [-0.4, -0.2) is 49.5 Å². The van der Waals surface area contributed by atoms with Gasteiger partial charge in [-0.2, -0.15) is 4.68 Å². The van der Waals surface area contributed by atoms with Gasteiger partial charge in [0.1, 0.15) is 6.04 Å². The molecule has 3 aromatic rings. The van der Waals surface area contributed by atoms with Gasteiger partial charge in [-0.15, -0.1) is 16.4 Å². The number of amides is 2. The number of benzene rings is 1. The summed E-state index contributed by atoms with van der Waals surface area (Å²) >= 11 is 1.39. The molecule has 0 radical (unpaired) electrons. The van der Waals surface area contributed by atoms with E-state index < -0.39 is 6.04 Å². The van der Waals surface area contributed by atoms with Crippen LogP contribution in [0.25, 0.3) is 5.69 Å². The van der Waals surface area contributed by atoms with Crippen LogP contribution in [0, 0.1) is 6.92 Å². The van der Waals surface area contributed by atoms with Gasteiger partial charge >= 0.3 is 0 Å². The van der Waals surface area contributed by atoms with Crippen LogP contribution in [0.15, 0.2) is 41.8 Å². The molecule has 1 N–H and O–H groups in total. The topological polar surface area (TPSA) is 93.0 Å². The number of aromatic nitrogens is 4. The van der Waals surface area contributed by atoms with Gasteiger partial charge in [-0.25, -0.2) is 0 Å². The zero-order valence-corrected chi connectivity index (χ0v) is 15.5. The van der Waals surface area contributed by atoms with Gasteiger partial charge in [0.05, 0.1) is 10.6 Å². The van der Waals surface area contributed by atoms with Gasteiger partial charge in [-0.1, -0.05) is 12.1 Å². The number of nitrogens with one attached hydrogen (secondary N) is 1. The van der Waals surface area contributed by atoms with Gasteiger partial charge in [0.2, 0.25) is 5.91 Å². The van der Waals surface area contributed by atoms with Gasteiger partial charge < -0.3 is 10.2 Å². The number of thiophene rings is 1. The maximum absolute atomic E-state index is 12.8. The number of nitrogens with zero attached hydrogens (tertiary/aromatic N) is 5. The van der Waals surface area contributed by atoms with Gasteiger partial charge in [0, 0.05) is 12.2 Å². The molecule has 2 aromatic heterocycles. The monoisotopic (exact) mass is 382 g/mol. The third-order valence-corrected chi connectivity index (χ3v) is 5.39. The number of likely N-dealkylation sites (tertiary alicyclic amines) is 1. The van der Waals surface area contributed by atoms with E-state index in [9.17, 15) is 9.59 Å². The van der Waals surface area contributed by atoms with Crippen LogP contribution in [-0.2, 0) is 4.79 Å². The molecule has 1 fully saturated rings. The quantitative estimate of drug-likeness (QED) is 0.747. The number of carbonyl (C=O) groups is 2. The molecule has 2 amide bonds. The maximum atomic E-state index is 12.8. The van der Waals surface area contributed by atoms with Crippen LogP contribution in [0.4, 0.5) is 5.69 Å². The maximum Gasteiger partial charge on any atom is 0.264 e. The summed E-state index contributed by atoms with van der Waals surface area (Å²) in [6.07, 6.45) is 1.48. The molecular formula is C18H18N6O2S. The molecule has 0 spiro atoms. The van der Waals surface area contributed by atoms with Crippen molar-refractivity contribution in [1.29, 1.82) is 0 Å². The Hall–Kier alpha value is -3.07. The highest BCUT2D eigenvalue weighted by Gasteiger charge is 2.34. The Morgan fingerprint density at radius 1 is 1.26 bits per heavy atom. The molecule has 1 atom stereocenters. The Labute approximate surface area is 159 Å². The lowest BCUT2D eigenvalue weighted by Gasteiger charge is -2.23. The SMILES string of the molecule is Cc1nnnn1-c1cccc(NC(=O)[C@@H]2CCCN2C(=O)c2cccs2)c1. The predicted molar refractivity (Wildman–Crippen MR) is 101 cm³/mol. The number of aryl methyl sites for hydroxylation is 1. The highest BCUT2D eigenvalue weighted by Crippen LogP contribution is 2.24. The van der Waals surface area contributed by atoms with E-state index in [1.165, 1.54) is 11.3 Å². The van der Waals surface area contributed by atoms with E-state index >= 15 is 0 Å². The average Bonchev–Trinajstić information content (AvgIpc) is 3.42. The second-order valence-corrected chi connectivity index (χ2v) is 7.26. The molecule has 27 heavy (non-hydrogen) atoms. The van der Waals surface area contributed by atoms with Crippen molar-refractivity contribution in [3.05, 3.63) is 52.5 Å². The first-order valence-electron chi connectivity index (χ1n) is 8.64. The zero-order chi connectivity index (χ0) is 18.8. The summed E-state index contributed by atoms with van der Waals surface area (Å²) in [7, 11) is 0. The predicted octanol–water partition coefficient (Wildman–Crippen LogP) is 2.28. The van der Waals surface area contributed by atoms with Crippen LogP contribution < -0.4 is 5.32 Å². The Morgan fingerprint density at radius 3 is 2.89 bits per heavy atom. The number of rotatable bonds is 4. The summed E-state index contributed by atoms with van der Waals surface area (Å²) in [4.78, 5) is 27.8. The summed E-state index contributed by atoms with van der Waals surface area (Å²) in [5.41, 5.74) is 1.40. The van der Waals surface area contributed by atoms with Crippen molar-refractivity contribution in [1.82, 2.24) is 25.1 Å². The molecule has 1 aliphatic heterocycles. The molecule has 3 heterocycles. The zero-order valence-electron chi connectivity index (χ0n) is 14.7. The van der Waals surface area contributed by atoms with Gasteiger partial charge in [-0.3, -0.25) is 9.59 Å². The standard InChI is InChI=1S/C18H18N6O2S/c1-12-20-21-22-24(12)14-6-2-5-13(11-14)19-17(25)15-7-3-9-23(15)18(26)16-8-4-10-27-16/h2,4-6,8,10-11,15H,3,7,9H2,1H3,(H,19,25)/t15-/m0/s1. The molecular weight excluding hydrogens is 364 g/mol. The lowest BCUT2D eigenvalue weighted by molar-refractivity contribution is -0.119. The summed E-state index contributed by atoms with van der Waals surface area (Å²) in [6, 6.07) is 10.5. The molecule has 9 heteroatoms. The third-order valence-electron chi connectivity index (χ3n) is 4.53. The molecule has 1 saturated heterocycles. The number of tetrazole rings is 1. The molecule has 0 bridgehead atoms.